The second kappa shape index (κ2) is 4.41. The highest BCUT2D eigenvalue weighted by Crippen LogP contribution is 2.18. The number of rotatable bonds is 3. The van der Waals surface area contributed by atoms with Gasteiger partial charge in [0.2, 0.25) is 0 Å². The van der Waals surface area contributed by atoms with E-state index in [-0.39, 0.29) is 0 Å². The van der Waals surface area contributed by atoms with Gasteiger partial charge in [-0.25, -0.2) is 0 Å². The summed E-state index contributed by atoms with van der Waals surface area (Å²) in [5.41, 5.74) is 3.86. The summed E-state index contributed by atoms with van der Waals surface area (Å²) >= 11 is 4.16. The van der Waals surface area contributed by atoms with E-state index in [9.17, 15) is 0 Å². The lowest BCUT2D eigenvalue weighted by atomic mass is 10.1. The van der Waals surface area contributed by atoms with Crippen LogP contribution in [0.4, 0.5) is 5.69 Å². The third-order valence-corrected chi connectivity index (χ3v) is 2.12. The fraction of sp³-hybridized carbons (Fsp3) is 0.400. The molecule has 12 heavy (non-hydrogen) atoms. The zero-order chi connectivity index (χ0) is 8.97. The first-order chi connectivity index (χ1) is 5.75. The van der Waals surface area contributed by atoms with Crippen molar-refractivity contribution < 1.29 is 0 Å². The zero-order valence-electron chi connectivity index (χ0n) is 7.59. The SMILES string of the molecule is Cc1cccc(C)c1NCCS. The average Bonchev–Trinajstić information content (AvgIpc) is 2.04. The maximum atomic E-state index is 4.16. The van der Waals surface area contributed by atoms with Crippen molar-refractivity contribution in [3.05, 3.63) is 29.3 Å². The molecule has 2 heteroatoms. The molecule has 0 unspecified atom stereocenters. The molecule has 0 aliphatic carbocycles. The molecule has 0 heterocycles. The molecule has 1 rings (SSSR count). The minimum atomic E-state index is 0.869. The molecule has 0 fully saturated rings. The maximum absolute atomic E-state index is 4.16. The van der Waals surface area contributed by atoms with Crippen molar-refractivity contribution in [2.75, 3.05) is 17.6 Å². The molecule has 0 amide bonds. The van der Waals surface area contributed by atoms with Gasteiger partial charge in [0.05, 0.1) is 0 Å². The van der Waals surface area contributed by atoms with E-state index in [4.69, 9.17) is 0 Å². The van der Waals surface area contributed by atoms with Crippen LogP contribution in [-0.2, 0) is 0 Å². The smallest absolute Gasteiger partial charge is 0.0399 e. The number of para-hydroxylation sites is 1. The molecule has 1 N–H and O–H groups in total. The van der Waals surface area contributed by atoms with Crippen molar-refractivity contribution >= 4 is 18.3 Å². The van der Waals surface area contributed by atoms with Gasteiger partial charge in [0.15, 0.2) is 0 Å². The van der Waals surface area contributed by atoms with Gasteiger partial charge < -0.3 is 5.32 Å². The van der Waals surface area contributed by atoms with Gasteiger partial charge in [-0.1, -0.05) is 18.2 Å². The summed E-state index contributed by atoms with van der Waals surface area (Å²) < 4.78 is 0. The minimum absolute atomic E-state index is 0.869. The molecule has 0 aromatic heterocycles. The molecule has 0 aliphatic rings. The van der Waals surface area contributed by atoms with Crippen molar-refractivity contribution in [3.63, 3.8) is 0 Å². The first kappa shape index (κ1) is 9.46. The molecule has 1 aromatic rings. The van der Waals surface area contributed by atoms with Crippen LogP contribution in [0.2, 0.25) is 0 Å². The summed E-state index contributed by atoms with van der Waals surface area (Å²) in [5, 5.41) is 3.35. The van der Waals surface area contributed by atoms with Crippen LogP contribution >= 0.6 is 12.6 Å². The molecule has 0 saturated carbocycles. The van der Waals surface area contributed by atoms with Gasteiger partial charge in [0.1, 0.15) is 0 Å². The van der Waals surface area contributed by atoms with E-state index in [1.165, 1.54) is 16.8 Å². The van der Waals surface area contributed by atoms with Crippen molar-refractivity contribution in [2.24, 2.45) is 0 Å². The van der Waals surface area contributed by atoms with Crippen LogP contribution in [0, 0.1) is 13.8 Å². The highest BCUT2D eigenvalue weighted by molar-refractivity contribution is 7.80. The molecule has 0 spiro atoms. The lowest BCUT2D eigenvalue weighted by Gasteiger charge is -2.10. The fourth-order valence-electron chi connectivity index (χ4n) is 1.27. The Balaban J connectivity index is 2.81. The molecular formula is C10H15NS. The molecule has 1 aromatic carbocycles. The van der Waals surface area contributed by atoms with Gasteiger partial charge in [-0.05, 0) is 25.0 Å². The van der Waals surface area contributed by atoms with Gasteiger partial charge in [-0.2, -0.15) is 12.6 Å². The molecular weight excluding hydrogens is 166 g/mol. The van der Waals surface area contributed by atoms with Gasteiger partial charge in [-0.3, -0.25) is 0 Å². The Morgan fingerprint density at radius 1 is 1.25 bits per heavy atom. The maximum Gasteiger partial charge on any atom is 0.0399 e. The van der Waals surface area contributed by atoms with E-state index in [1.54, 1.807) is 0 Å². The van der Waals surface area contributed by atoms with Gasteiger partial charge in [0, 0.05) is 18.0 Å². The number of aryl methyl sites for hydroxylation is 2. The predicted octanol–water partition coefficient (Wildman–Crippen LogP) is 2.65. The first-order valence-corrected chi connectivity index (χ1v) is 4.80. The van der Waals surface area contributed by atoms with Crippen molar-refractivity contribution in [3.8, 4) is 0 Å². The summed E-state index contributed by atoms with van der Waals surface area (Å²) in [6.45, 7) is 5.16. The lowest BCUT2D eigenvalue weighted by Crippen LogP contribution is -2.05. The monoisotopic (exact) mass is 181 g/mol. The number of thiol groups is 1. The Morgan fingerprint density at radius 2 is 1.83 bits per heavy atom. The Kier molecular flexibility index (Phi) is 3.48. The average molecular weight is 181 g/mol. The van der Waals surface area contributed by atoms with Crippen molar-refractivity contribution in [1.82, 2.24) is 0 Å². The summed E-state index contributed by atoms with van der Waals surface area (Å²) in [7, 11) is 0. The zero-order valence-corrected chi connectivity index (χ0v) is 8.49. The van der Waals surface area contributed by atoms with Crippen LogP contribution in [0.15, 0.2) is 18.2 Å². The second-order valence-corrected chi connectivity index (χ2v) is 3.36. The normalized spacial score (nSPS) is 9.92. The standard InChI is InChI=1S/C10H15NS/c1-8-4-3-5-9(2)10(8)11-6-7-12/h3-5,11-12H,6-7H2,1-2H3. The van der Waals surface area contributed by atoms with E-state index in [2.05, 4.69) is 50.0 Å². The number of hydrogen-bond acceptors (Lipinski definition) is 2. The fourth-order valence-corrected chi connectivity index (χ4v) is 1.39. The quantitative estimate of drug-likeness (QED) is 0.683. The molecule has 0 aliphatic heterocycles. The van der Waals surface area contributed by atoms with E-state index in [0.717, 1.165) is 12.3 Å². The van der Waals surface area contributed by atoms with Crippen LogP contribution in [0.1, 0.15) is 11.1 Å². The van der Waals surface area contributed by atoms with Crippen LogP contribution in [0.25, 0.3) is 0 Å². The van der Waals surface area contributed by atoms with Crippen molar-refractivity contribution in [1.29, 1.82) is 0 Å². The Bertz CT molecular complexity index is 238. The summed E-state index contributed by atoms with van der Waals surface area (Å²) in [5.74, 6) is 0.869. The first-order valence-electron chi connectivity index (χ1n) is 4.16. The van der Waals surface area contributed by atoms with Crippen molar-refractivity contribution in [2.45, 2.75) is 13.8 Å². The molecule has 0 radical (unpaired) electrons. The largest absolute Gasteiger partial charge is 0.384 e. The van der Waals surface area contributed by atoms with E-state index in [0.29, 0.717) is 0 Å². The summed E-state index contributed by atoms with van der Waals surface area (Å²) in [6, 6.07) is 6.32. The topological polar surface area (TPSA) is 12.0 Å². The summed E-state index contributed by atoms with van der Waals surface area (Å²) in [6.07, 6.45) is 0. The van der Waals surface area contributed by atoms with E-state index < -0.39 is 0 Å². The van der Waals surface area contributed by atoms with Gasteiger partial charge in [0.25, 0.3) is 0 Å². The Labute approximate surface area is 79.6 Å². The molecule has 1 nitrogen and oxygen atoms in total. The van der Waals surface area contributed by atoms with Gasteiger partial charge in [-0.15, -0.1) is 0 Å². The second-order valence-electron chi connectivity index (χ2n) is 2.92. The third-order valence-electron chi connectivity index (χ3n) is 1.89. The van der Waals surface area contributed by atoms with Crippen LogP contribution < -0.4 is 5.32 Å². The van der Waals surface area contributed by atoms with Crippen LogP contribution in [-0.4, -0.2) is 12.3 Å². The highest BCUT2D eigenvalue weighted by Gasteiger charge is 1.98. The number of anilines is 1. The molecule has 0 bridgehead atoms. The van der Waals surface area contributed by atoms with Gasteiger partial charge >= 0.3 is 0 Å². The third kappa shape index (κ3) is 2.18. The van der Waals surface area contributed by atoms with E-state index >= 15 is 0 Å². The Morgan fingerprint density at radius 3 is 2.33 bits per heavy atom. The number of benzene rings is 1. The highest BCUT2D eigenvalue weighted by atomic mass is 32.1. The van der Waals surface area contributed by atoms with Crippen LogP contribution in [0.3, 0.4) is 0 Å². The summed E-state index contributed by atoms with van der Waals surface area (Å²) in [4.78, 5) is 0. The van der Waals surface area contributed by atoms with Crippen LogP contribution in [0.5, 0.6) is 0 Å². The molecule has 0 saturated heterocycles. The Hall–Kier alpha value is -0.630. The number of nitrogens with one attached hydrogen (secondary N) is 1. The molecule has 66 valence electrons. The van der Waals surface area contributed by atoms with E-state index in [1.807, 2.05) is 0 Å². The lowest BCUT2D eigenvalue weighted by molar-refractivity contribution is 1.20. The number of hydrogen-bond donors (Lipinski definition) is 2. The minimum Gasteiger partial charge on any atom is -0.384 e. The predicted molar refractivity (Wildman–Crippen MR) is 58.3 cm³/mol. The molecule has 0 atom stereocenters.